The number of para-hydroxylation sites is 2. The number of ether oxygens (including phenoxy) is 2. The van der Waals surface area contributed by atoms with Crippen molar-refractivity contribution in [1.82, 2.24) is 4.90 Å². The summed E-state index contributed by atoms with van der Waals surface area (Å²) >= 11 is 0. The Morgan fingerprint density at radius 1 is 1.11 bits per heavy atom. The molecule has 0 radical (unpaired) electrons. The second kappa shape index (κ2) is 6.94. The summed E-state index contributed by atoms with van der Waals surface area (Å²) in [5, 5.41) is 3.06. The van der Waals surface area contributed by atoms with Crippen LogP contribution in [0.3, 0.4) is 0 Å². The van der Waals surface area contributed by atoms with Gasteiger partial charge in [-0.05, 0) is 12.1 Å². The third-order valence-corrected chi connectivity index (χ3v) is 5.00. The molecule has 1 N–H and O–H groups in total. The van der Waals surface area contributed by atoms with Crippen LogP contribution in [0.5, 0.6) is 11.5 Å². The highest BCUT2D eigenvalue weighted by atomic mass is 16.6. The largest absolute Gasteiger partial charge is 0.486 e. The van der Waals surface area contributed by atoms with Crippen LogP contribution in [-0.2, 0) is 4.79 Å². The van der Waals surface area contributed by atoms with Gasteiger partial charge in [0.2, 0.25) is 5.91 Å². The Kier molecular flexibility index (Phi) is 4.47. The van der Waals surface area contributed by atoms with Crippen LogP contribution in [0.2, 0.25) is 0 Å². The minimum absolute atomic E-state index is 0.0210. The first-order valence-electron chi connectivity index (χ1n) is 9.00. The summed E-state index contributed by atoms with van der Waals surface area (Å²) in [6, 6.07) is 7.42. The lowest BCUT2D eigenvalue weighted by atomic mass is 10.1. The van der Waals surface area contributed by atoms with Crippen molar-refractivity contribution in [3.63, 3.8) is 0 Å². The predicted molar refractivity (Wildman–Crippen MR) is 101 cm³/mol. The third-order valence-electron chi connectivity index (χ3n) is 5.00. The van der Waals surface area contributed by atoms with E-state index in [1.165, 1.54) is 6.92 Å². The van der Waals surface area contributed by atoms with E-state index < -0.39 is 10.9 Å². The second-order valence-electron chi connectivity index (χ2n) is 6.75. The molecule has 142 valence electrons. The van der Waals surface area contributed by atoms with Crippen molar-refractivity contribution in [1.29, 1.82) is 0 Å². The van der Waals surface area contributed by atoms with Crippen LogP contribution in [0.1, 0.15) is 6.92 Å². The normalized spacial score (nSPS) is 19.2. The number of hydrogen-bond donors (Lipinski definition) is 1. The SMILES string of the molecule is CC(=O)N1CCN(c2c(NCC3COc4ccccc4O3)c(=O)c2=O)CC1. The molecule has 0 aliphatic carbocycles. The summed E-state index contributed by atoms with van der Waals surface area (Å²) in [5.74, 6) is 1.39. The minimum Gasteiger partial charge on any atom is -0.486 e. The summed E-state index contributed by atoms with van der Waals surface area (Å²) in [6.45, 7) is 4.43. The molecule has 1 atom stereocenters. The average Bonchev–Trinajstić information content (AvgIpc) is 2.70. The molecule has 0 spiro atoms. The molecule has 4 rings (SSSR count). The van der Waals surface area contributed by atoms with Gasteiger partial charge in [0.25, 0.3) is 10.9 Å². The van der Waals surface area contributed by atoms with Gasteiger partial charge in [0.05, 0.1) is 6.54 Å². The van der Waals surface area contributed by atoms with Crippen LogP contribution in [0.25, 0.3) is 0 Å². The number of anilines is 2. The van der Waals surface area contributed by atoms with Gasteiger partial charge in [-0.15, -0.1) is 0 Å². The number of nitrogens with one attached hydrogen (secondary N) is 1. The van der Waals surface area contributed by atoms with Crippen LogP contribution in [-0.4, -0.2) is 56.2 Å². The van der Waals surface area contributed by atoms with Crippen molar-refractivity contribution in [3.8, 4) is 11.5 Å². The van der Waals surface area contributed by atoms with E-state index in [-0.39, 0.29) is 12.0 Å². The highest BCUT2D eigenvalue weighted by Gasteiger charge is 2.30. The van der Waals surface area contributed by atoms with Crippen molar-refractivity contribution >= 4 is 17.3 Å². The molecule has 1 unspecified atom stereocenters. The summed E-state index contributed by atoms with van der Waals surface area (Å²) in [6.07, 6.45) is -0.258. The van der Waals surface area contributed by atoms with Crippen LogP contribution >= 0.6 is 0 Å². The van der Waals surface area contributed by atoms with E-state index in [9.17, 15) is 14.4 Å². The maximum atomic E-state index is 12.1. The van der Waals surface area contributed by atoms with E-state index in [0.29, 0.717) is 62.2 Å². The lowest BCUT2D eigenvalue weighted by molar-refractivity contribution is -0.129. The van der Waals surface area contributed by atoms with Gasteiger partial charge in [0, 0.05) is 33.1 Å². The van der Waals surface area contributed by atoms with Crippen molar-refractivity contribution in [3.05, 3.63) is 44.7 Å². The lowest BCUT2D eigenvalue weighted by Crippen LogP contribution is -2.52. The lowest BCUT2D eigenvalue weighted by Gasteiger charge is -2.36. The van der Waals surface area contributed by atoms with Crippen LogP contribution in [0.15, 0.2) is 33.9 Å². The number of fused-ring (bicyclic) bond motifs is 1. The number of benzene rings is 1. The molecule has 2 aliphatic heterocycles. The first kappa shape index (κ1) is 17.4. The summed E-state index contributed by atoms with van der Waals surface area (Å²) in [7, 11) is 0. The Hall–Kier alpha value is -3.03. The summed E-state index contributed by atoms with van der Waals surface area (Å²) in [4.78, 5) is 39.2. The van der Waals surface area contributed by atoms with E-state index >= 15 is 0 Å². The molecule has 1 amide bonds. The van der Waals surface area contributed by atoms with E-state index in [1.807, 2.05) is 29.2 Å². The predicted octanol–water partition coefficient (Wildman–Crippen LogP) is 0.203. The molecular weight excluding hydrogens is 350 g/mol. The zero-order valence-corrected chi connectivity index (χ0v) is 15.1. The number of carbonyl (C=O) groups is 1. The molecular formula is C19H21N3O5. The number of piperazine rings is 1. The summed E-state index contributed by atoms with van der Waals surface area (Å²) < 4.78 is 11.5. The molecule has 27 heavy (non-hydrogen) atoms. The van der Waals surface area contributed by atoms with Gasteiger partial charge >= 0.3 is 0 Å². The van der Waals surface area contributed by atoms with Gasteiger partial charge in [-0.3, -0.25) is 14.4 Å². The number of rotatable bonds is 4. The molecule has 8 heteroatoms. The van der Waals surface area contributed by atoms with Gasteiger partial charge < -0.3 is 24.6 Å². The maximum Gasteiger partial charge on any atom is 0.253 e. The molecule has 2 aliphatic rings. The van der Waals surface area contributed by atoms with Crippen LogP contribution in [0.4, 0.5) is 11.4 Å². The van der Waals surface area contributed by atoms with E-state index in [0.717, 1.165) is 0 Å². The second-order valence-corrected chi connectivity index (χ2v) is 6.75. The topological polar surface area (TPSA) is 88.2 Å². The standard InChI is InChI=1S/C19H21N3O5/c1-12(23)21-6-8-22(9-7-21)17-16(18(24)19(17)25)20-10-13-11-26-14-4-2-3-5-15(14)27-13/h2-5,13,20H,6-11H2,1H3. The first-order valence-corrected chi connectivity index (χ1v) is 9.00. The first-order chi connectivity index (χ1) is 13.0. The molecule has 2 aromatic rings. The Morgan fingerprint density at radius 3 is 2.52 bits per heavy atom. The fourth-order valence-corrected chi connectivity index (χ4v) is 3.47. The highest BCUT2D eigenvalue weighted by Crippen LogP contribution is 2.31. The van der Waals surface area contributed by atoms with Gasteiger partial charge in [-0.1, -0.05) is 12.1 Å². The molecule has 2 heterocycles. The Balaban J connectivity index is 1.40. The molecule has 1 fully saturated rings. The van der Waals surface area contributed by atoms with Crippen molar-refractivity contribution in [2.24, 2.45) is 0 Å². The Bertz CT molecular complexity index is 926. The molecule has 2 aromatic carbocycles. The quantitative estimate of drug-likeness (QED) is 0.769. The number of hydrogen-bond acceptors (Lipinski definition) is 7. The molecule has 1 saturated heterocycles. The number of carbonyl (C=O) groups excluding carboxylic acids is 1. The fourth-order valence-electron chi connectivity index (χ4n) is 3.47. The van der Waals surface area contributed by atoms with Crippen molar-refractivity contribution in [2.45, 2.75) is 13.0 Å². The smallest absolute Gasteiger partial charge is 0.253 e. The molecule has 0 aromatic heterocycles. The zero-order valence-electron chi connectivity index (χ0n) is 15.1. The summed E-state index contributed by atoms with van der Waals surface area (Å²) in [5.41, 5.74) is -0.227. The Labute approximate surface area is 156 Å². The average molecular weight is 371 g/mol. The maximum absolute atomic E-state index is 12.1. The van der Waals surface area contributed by atoms with Gasteiger partial charge in [-0.25, -0.2) is 0 Å². The van der Waals surface area contributed by atoms with Crippen LogP contribution in [0, 0.1) is 0 Å². The fraction of sp³-hybridized carbons (Fsp3) is 0.421. The van der Waals surface area contributed by atoms with E-state index in [2.05, 4.69) is 5.32 Å². The third kappa shape index (κ3) is 3.22. The zero-order chi connectivity index (χ0) is 19.0. The van der Waals surface area contributed by atoms with Crippen molar-refractivity contribution < 1.29 is 14.3 Å². The van der Waals surface area contributed by atoms with Crippen LogP contribution < -0.4 is 30.5 Å². The Morgan fingerprint density at radius 2 is 1.81 bits per heavy atom. The van der Waals surface area contributed by atoms with E-state index in [4.69, 9.17) is 9.47 Å². The van der Waals surface area contributed by atoms with Gasteiger partial charge in [0.15, 0.2) is 11.5 Å². The van der Waals surface area contributed by atoms with Gasteiger partial charge in [-0.2, -0.15) is 0 Å². The molecule has 0 saturated carbocycles. The monoisotopic (exact) mass is 371 g/mol. The molecule has 8 nitrogen and oxygen atoms in total. The number of amides is 1. The molecule has 0 bridgehead atoms. The van der Waals surface area contributed by atoms with Crippen molar-refractivity contribution in [2.75, 3.05) is 49.5 Å². The number of nitrogens with zero attached hydrogens (tertiary/aromatic N) is 2. The highest BCUT2D eigenvalue weighted by molar-refractivity contribution is 5.77. The van der Waals surface area contributed by atoms with Gasteiger partial charge in [0.1, 0.15) is 24.1 Å². The minimum atomic E-state index is -0.504. The van der Waals surface area contributed by atoms with E-state index in [1.54, 1.807) is 4.90 Å².